The summed E-state index contributed by atoms with van der Waals surface area (Å²) in [6.07, 6.45) is 1.59. The van der Waals surface area contributed by atoms with Crippen LogP contribution in [0.25, 0.3) is 20.9 Å². The summed E-state index contributed by atoms with van der Waals surface area (Å²) in [6, 6.07) is 7.16. The molecule has 1 aromatic rings. The highest BCUT2D eigenvalue weighted by atomic mass is 15.2. The Morgan fingerprint density at radius 2 is 1.88 bits per heavy atom. The molecule has 6 heteroatoms. The highest BCUT2D eigenvalue weighted by Crippen LogP contribution is 2.34. The molecule has 80 valence electrons. The van der Waals surface area contributed by atoms with Crippen molar-refractivity contribution in [3.63, 3.8) is 0 Å². The van der Waals surface area contributed by atoms with Crippen LogP contribution in [0.2, 0.25) is 0 Å². The molecule has 0 fully saturated rings. The van der Waals surface area contributed by atoms with Gasteiger partial charge < -0.3 is 0 Å². The molecule has 0 heterocycles. The molecule has 6 nitrogen and oxygen atoms in total. The predicted octanol–water partition coefficient (Wildman–Crippen LogP) is 3.66. The SMILES string of the molecule is [N-]=[N+]=N[C@H]1CCc2ccccc2[C@H]1N=[N+]=[N-]. The number of nitrogens with zero attached hydrogens (tertiary/aromatic N) is 6. The van der Waals surface area contributed by atoms with E-state index in [0.717, 1.165) is 18.4 Å². The molecule has 1 aliphatic rings. The Kier molecular flexibility index (Phi) is 2.96. The molecule has 0 amide bonds. The van der Waals surface area contributed by atoms with E-state index in [1.54, 1.807) is 0 Å². The lowest BCUT2D eigenvalue weighted by molar-refractivity contribution is 0.478. The van der Waals surface area contributed by atoms with E-state index < -0.39 is 0 Å². The monoisotopic (exact) mass is 214 g/mol. The Bertz CT molecular complexity index is 484. The zero-order chi connectivity index (χ0) is 11.4. The first-order valence-corrected chi connectivity index (χ1v) is 5.03. The molecule has 0 bridgehead atoms. The minimum Gasteiger partial charge on any atom is -0.0898 e. The maximum absolute atomic E-state index is 8.55. The normalized spacial score (nSPS) is 22.5. The van der Waals surface area contributed by atoms with Gasteiger partial charge in [0.1, 0.15) is 0 Å². The first-order valence-electron chi connectivity index (χ1n) is 5.03. The average Bonchev–Trinajstić information content (AvgIpc) is 2.32. The maximum Gasteiger partial charge on any atom is 0.0712 e. The average molecular weight is 214 g/mol. The van der Waals surface area contributed by atoms with Crippen LogP contribution in [-0.4, -0.2) is 6.04 Å². The van der Waals surface area contributed by atoms with E-state index >= 15 is 0 Å². The molecule has 1 aromatic carbocycles. The molecule has 0 unspecified atom stereocenters. The van der Waals surface area contributed by atoms with Crippen molar-refractivity contribution in [3.05, 3.63) is 56.3 Å². The van der Waals surface area contributed by atoms with Crippen molar-refractivity contribution >= 4 is 0 Å². The largest absolute Gasteiger partial charge is 0.0898 e. The maximum atomic E-state index is 8.55. The summed E-state index contributed by atoms with van der Waals surface area (Å²) in [5, 5.41) is 7.44. The number of azide groups is 2. The van der Waals surface area contributed by atoms with Gasteiger partial charge in [-0.3, -0.25) is 0 Å². The van der Waals surface area contributed by atoms with Gasteiger partial charge >= 0.3 is 0 Å². The van der Waals surface area contributed by atoms with Crippen LogP contribution >= 0.6 is 0 Å². The summed E-state index contributed by atoms with van der Waals surface area (Å²) in [4.78, 5) is 5.64. The Balaban J connectivity index is 2.46. The summed E-state index contributed by atoms with van der Waals surface area (Å²) >= 11 is 0. The lowest BCUT2D eigenvalue weighted by Crippen LogP contribution is -2.21. The summed E-state index contributed by atoms with van der Waals surface area (Å²) in [6.45, 7) is 0. The minimum atomic E-state index is -0.370. The van der Waals surface area contributed by atoms with Crippen molar-refractivity contribution in [2.75, 3.05) is 0 Å². The highest BCUT2D eigenvalue weighted by Gasteiger charge is 2.27. The van der Waals surface area contributed by atoms with Crippen LogP contribution in [0.5, 0.6) is 0 Å². The van der Waals surface area contributed by atoms with Gasteiger partial charge in [0.2, 0.25) is 0 Å². The molecular weight excluding hydrogens is 204 g/mol. The molecular formula is C10H10N6. The van der Waals surface area contributed by atoms with Gasteiger partial charge in [-0.15, -0.1) is 0 Å². The second-order valence-corrected chi connectivity index (χ2v) is 3.66. The van der Waals surface area contributed by atoms with Crippen LogP contribution in [0.1, 0.15) is 23.6 Å². The molecule has 0 aliphatic heterocycles. The second-order valence-electron chi connectivity index (χ2n) is 3.66. The zero-order valence-corrected chi connectivity index (χ0v) is 8.56. The van der Waals surface area contributed by atoms with E-state index in [1.807, 2.05) is 24.3 Å². The van der Waals surface area contributed by atoms with E-state index in [0.29, 0.717) is 0 Å². The van der Waals surface area contributed by atoms with Gasteiger partial charge in [-0.1, -0.05) is 34.5 Å². The Morgan fingerprint density at radius 1 is 1.12 bits per heavy atom. The lowest BCUT2D eigenvalue weighted by Gasteiger charge is -2.27. The van der Waals surface area contributed by atoms with Gasteiger partial charge in [0.05, 0.1) is 12.1 Å². The van der Waals surface area contributed by atoms with Crippen LogP contribution in [0, 0.1) is 0 Å². The zero-order valence-electron chi connectivity index (χ0n) is 8.56. The third-order valence-corrected chi connectivity index (χ3v) is 2.82. The van der Waals surface area contributed by atoms with Crippen molar-refractivity contribution < 1.29 is 0 Å². The molecule has 16 heavy (non-hydrogen) atoms. The van der Waals surface area contributed by atoms with Crippen LogP contribution in [0.3, 0.4) is 0 Å². The molecule has 1 aliphatic carbocycles. The topological polar surface area (TPSA) is 97.5 Å². The fourth-order valence-electron chi connectivity index (χ4n) is 2.10. The molecule has 0 spiro atoms. The lowest BCUT2D eigenvalue weighted by atomic mass is 9.85. The Morgan fingerprint density at radius 3 is 2.62 bits per heavy atom. The molecule has 0 saturated carbocycles. The molecule has 0 saturated heterocycles. The van der Waals surface area contributed by atoms with Crippen molar-refractivity contribution in [1.29, 1.82) is 0 Å². The van der Waals surface area contributed by atoms with E-state index in [-0.39, 0.29) is 12.1 Å². The molecule has 0 radical (unpaired) electrons. The Hall–Kier alpha value is -2.16. The van der Waals surface area contributed by atoms with E-state index in [1.165, 1.54) is 5.56 Å². The van der Waals surface area contributed by atoms with E-state index in [4.69, 9.17) is 11.1 Å². The number of aryl methyl sites for hydroxylation is 1. The fourth-order valence-corrected chi connectivity index (χ4v) is 2.10. The fraction of sp³-hybridized carbons (Fsp3) is 0.400. The van der Waals surface area contributed by atoms with Crippen molar-refractivity contribution in [3.8, 4) is 0 Å². The molecule has 2 rings (SSSR count). The number of hydrogen-bond acceptors (Lipinski definition) is 2. The number of benzene rings is 1. The minimum absolute atomic E-state index is 0.268. The Labute approximate surface area is 92.2 Å². The van der Waals surface area contributed by atoms with Gasteiger partial charge in [-0.25, -0.2) is 0 Å². The first kappa shape index (κ1) is 10.4. The first-order chi connectivity index (χ1) is 7.86. The molecule has 2 atom stereocenters. The van der Waals surface area contributed by atoms with Crippen molar-refractivity contribution in [2.24, 2.45) is 10.2 Å². The van der Waals surface area contributed by atoms with Gasteiger partial charge in [-0.2, -0.15) is 0 Å². The van der Waals surface area contributed by atoms with Crippen molar-refractivity contribution in [2.45, 2.75) is 24.9 Å². The third-order valence-electron chi connectivity index (χ3n) is 2.82. The summed E-state index contributed by atoms with van der Waals surface area (Å²) in [5.74, 6) is 0. The van der Waals surface area contributed by atoms with E-state index in [9.17, 15) is 0 Å². The summed E-state index contributed by atoms with van der Waals surface area (Å²) in [7, 11) is 0. The van der Waals surface area contributed by atoms with Gasteiger partial charge in [-0.05, 0) is 35.0 Å². The van der Waals surface area contributed by atoms with Crippen LogP contribution in [0.15, 0.2) is 34.5 Å². The molecule has 0 N–H and O–H groups in total. The van der Waals surface area contributed by atoms with Crippen molar-refractivity contribution in [1.82, 2.24) is 0 Å². The van der Waals surface area contributed by atoms with Crippen LogP contribution in [-0.2, 0) is 6.42 Å². The van der Waals surface area contributed by atoms with Crippen LogP contribution in [0.4, 0.5) is 0 Å². The van der Waals surface area contributed by atoms with E-state index in [2.05, 4.69) is 20.1 Å². The quantitative estimate of drug-likeness (QED) is 0.407. The molecule has 0 aromatic heterocycles. The van der Waals surface area contributed by atoms with Crippen LogP contribution < -0.4 is 0 Å². The van der Waals surface area contributed by atoms with Gasteiger partial charge in [0.15, 0.2) is 0 Å². The second kappa shape index (κ2) is 4.57. The predicted molar refractivity (Wildman–Crippen MR) is 59.6 cm³/mol. The standard InChI is InChI=1S/C10H10N6/c11-15-13-9-6-5-7-3-1-2-4-8(7)10(9)14-16-12/h1-4,9-10H,5-6H2/t9-,10+/m0/s1. The third kappa shape index (κ3) is 1.80. The summed E-state index contributed by atoms with van der Waals surface area (Å²) < 4.78 is 0. The number of rotatable bonds is 2. The number of hydrogen-bond donors (Lipinski definition) is 0. The van der Waals surface area contributed by atoms with Gasteiger partial charge in [0.25, 0.3) is 0 Å². The summed E-state index contributed by atoms with van der Waals surface area (Å²) in [5.41, 5.74) is 19.2. The van der Waals surface area contributed by atoms with Gasteiger partial charge in [0, 0.05) is 9.82 Å². The highest BCUT2D eigenvalue weighted by molar-refractivity contribution is 5.34. The number of fused-ring (bicyclic) bond motifs is 1. The smallest absolute Gasteiger partial charge is 0.0712 e.